The van der Waals surface area contributed by atoms with Gasteiger partial charge in [0.05, 0.1) is 28.0 Å². The molecule has 7 heteroatoms. The van der Waals surface area contributed by atoms with Crippen molar-refractivity contribution in [2.75, 3.05) is 17.7 Å². The minimum Gasteiger partial charge on any atom is -0.462 e. The van der Waals surface area contributed by atoms with Crippen LogP contribution < -0.4 is 5.32 Å². The summed E-state index contributed by atoms with van der Waals surface area (Å²) in [6, 6.07) is 11.8. The molecule has 0 saturated carbocycles. The van der Waals surface area contributed by atoms with E-state index < -0.39 is 0 Å². The third-order valence-corrected chi connectivity index (χ3v) is 5.39. The molecule has 0 aromatic heterocycles. The van der Waals surface area contributed by atoms with Crippen LogP contribution in [-0.2, 0) is 9.53 Å². The Morgan fingerprint density at radius 2 is 1.73 bits per heavy atom. The van der Waals surface area contributed by atoms with Gasteiger partial charge in [-0.2, -0.15) is 0 Å². The number of carbonyl (C=O) groups is 2. The number of esters is 1. The fourth-order valence-electron chi connectivity index (χ4n) is 2.04. The minimum atomic E-state index is -0.361. The van der Waals surface area contributed by atoms with Crippen LogP contribution in [0.3, 0.4) is 0 Å². The van der Waals surface area contributed by atoms with Crippen LogP contribution >= 0.6 is 35.0 Å². The first-order chi connectivity index (χ1) is 12.5. The van der Waals surface area contributed by atoms with Crippen LogP contribution in [0.4, 0.5) is 5.69 Å². The summed E-state index contributed by atoms with van der Waals surface area (Å²) < 4.78 is 5.14. The largest absolute Gasteiger partial charge is 0.462 e. The first-order valence-corrected chi connectivity index (χ1v) is 9.89. The molecule has 0 unspecified atom stereocenters. The molecule has 0 bridgehead atoms. The zero-order valence-corrected chi connectivity index (χ0v) is 16.6. The maximum absolute atomic E-state index is 12.1. The van der Waals surface area contributed by atoms with Gasteiger partial charge in [0.25, 0.3) is 0 Å². The molecule has 2 aromatic rings. The average molecular weight is 412 g/mol. The number of nitrogens with one attached hydrogen (secondary N) is 1. The number of unbranched alkanes of at least 4 members (excludes halogenated alkanes) is 1. The van der Waals surface area contributed by atoms with Crippen molar-refractivity contribution in [2.24, 2.45) is 0 Å². The number of anilines is 1. The number of carbonyl (C=O) groups excluding carboxylic acids is 2. The van der Waals surface area contributed by atoms with Crippen LogP contribution in [0.15, 0.2) is 47.4 Å². The molecule has 0 heterocycles. The van der Waals surface area contributed by atoms with Crippen molar-refractivity contribution >= 4 is 52.5 Å². The molecular weight excluding hydrogens is 393 g/mol. The van der Waals surface area contributed by atoms with E-state index in [-0.39, 0.29) is 17.6 Å². The molecule has 138 valence electrons. The van der Waals surface area contributed by atoms with Crippen molar-refractivity contribution in [1.82, 2.24) is 0 Å². The second kappa shape index (κ2) is 10.5. The van der Waals surface area contributed by atoms with E-state index in [2.05, 4.69) is 5.32 Å². The predicted molar refractivity (Wildman–Crippen MR) is 107 cm³/mol. The Kier molecular flexibility index (Phi) is 8.29. The summed E-state index contributed by atoms with van der Waals surface area (Å²) in [4.78, 5) is 24.6. The van der Waals surface area contributed by atoms with E-state index in [1.165, 1.54) is 11.8 Å². The molecule has 26 heavy (non-hydrogen) atoms. The van der Waals surface area contributed by atoms with E-state index in [4.69, 9.17) is 27.9 Å². The van der Waals surface area contributed by atoms with Crippen LogP contribution in [0.2, 0.25) is 10.0 Å². The van der Waals surface area contributed by atoms with E-state index in [0.717, 1.165) is 12.8 Å². The molecular formula is C19H19Cl2NO3S. The Bertz CT molecular complexity index is 746. The number of halogens is 2. The molecule has 0 saturated heterocycles. The second-order valence-electron chi connectivity index (χ2n) is 5.45. The van der Waals surface area contributed by atoms with Crippen molar-refractivity contribution in [3.8, 4) is 0 Å². The number of thioether (sulfide) groups is 1. The quantitative estimate of drug-likeness (QED) is 0.344. The summed E-state index contributed by atoms with van der Waals surface area (Å²) in [5, 5.41) is 3.80. The summed E-state index contributed by atoms with van der Waals surface area (Å²) in [7, 11) is 0. The molecule has 0 spiro atoms. The van der Waals surface area contributed by atoms with Crippen LogP contribution in [-0.4, -0.2) is 24.2 Å². The van der Waals surface area contributed by atoms with Gasteiger partial charge in [0.2, 0.25) is 5.91 Å². The highest BCUT2D eigenvalue weighted by atomic mass is 35.5. The molecule has 0 aliphatic heterocycles. The van der Waals surface area contributed by atoms with Gasteiger partial charge in [-0.25, -0.2) is 4.79 Å². The monoisotopic (exact) mass is 411 g/mol. The highest BCUT2D eigenvalue weighted by Crippen LogP contribution is 2.33. The Labute approximate surface area is 167 Å². The molecule has 0 aliphatic carbocycles. The smallest absolute Gasteiger partial charge is 0.338 e. The molecule has 1 N–H and O–H groups in total. The van der Waals surface area contributed by atoms with Crippen molar-refractivity contribution in [2.45, 2.75) is 24.7 Å². The molecule has 0 radical (unpaired) electrons. The van der Waals surface area contributed by atoms with Crippen molar-refractivity contribution < 1.29 is 14.3 Å². The van der Waals surface area contributed by atoms with Crippen molar-refractivity contribution in [3.05, 3.63) is 58.1 Å². The maximum Gasteiger partial charge on any atom is 0.338 e. The van der Waals surface area contributed by atoms with Gasteiger partial charge in [-0.3, -0.25) is 4.79 Å². The van der Waals surface area contributed by atoms with Crippen LogP contribution in [0.25, 0.3) is 0 Å². The Morgan fingerprint density at radius 3 is 2.35 bits per heavy atom. The van der Waals surface area contributed by atoms with Gasteiger partial charge in [0.1, 0.15) is 0 Å². The van der Waals surface area contributed by atoms with Gasteiger partial charge in [-0.1, -0.05) is 42.6 Å². The zero-order valence-electron chi connectivity index (χ0n) is 14.3. The summed E-state index contributed by atoms with van der Waals surface area (Å²) in [6.45, 7) is 2.44. The Morgan fingerprint density at radius 1 is 1.08 bits per heavy atom. The number of hydrogen-bond acceptors (Lipinski definition) is 4. The molecule has 0 atom stereocenters. The van der Waals surface area contributed by atoms with E-state index >= 15 is 0 Å². The number of benzene rings is 2. The predicted octanol–water partition coefficient (Wildman–Crippen LogP) is 5.68. The molecule has 1 amide bonds. The maximum atomic E-state index is 12.1. The number of ether oxygens (including phenoxy) is 1. The van der Waals surface area contributed by atoms with Gasteiger partial charge < -0.3 is 10.1 Å². The normalized spacial score (nSPS) is 10.4. The number of amides is 1. The SMILES string of the molecule is CCCCOC(=O)c1ccc(NC(=O)CSc2c(Cl)cccc2Cl)cc1. The first-order valence-electron chi connectivity index (χ1n) is 8.15. The van der Waals surface area contributed by atoms with E-state index in [9.17, 15) is 9.59 Å². The van der Waals surface area contributed by atoms with Gasteiger partial charge in [-0.05, 0) is 42.8 Å². The lowest BCUT2D eigenvalue weighted by atomic mass is 10.2. The molecule has 2 aromatic carbocycles. The third-order valence-electron chi connectivity index (χ3n) is 3.40. The molecule has 2 rings (SSSR count). The van der Waals surface area contributed by atoms with Gasteiger partial charge in [0.15, 0.2) is 0 Å². The topological polar surface area (TPSA) is 55.4 Å². The Hall–Kier alpha value is -1.69. The minimum absolute atomic E-state index is 0.171. The molecule has 0 aliphatic rings. The lowest BCUT2D eigenvalue weighted by molar-refractivity contribution is -0.113. The van der Waals surface area contributed by atoms with Crippen molar-refractivity contribution in [1.29, 1.82) is 0 Å². The fraction of sp³-hybridized carbons (Fsp3) is 0.263. The summed E-state index contributed by atoms with van der Waals surface area (Å²) in [5.74, 6) is -0.380. The van der Waals surface area contributed by atoms with Crippen molar-refractivity contribution in [3.63, 3.8) is 0 Å². The van der Waals surface area contributed by atoms with Gasteiger partial charge >= 0.3 is 5.97 Å². The summed E-state index contributed by atoms with van der Waals surface area (Å²) >= 11 is 13.4. The fourth-order valence-corrected chi connectivity index (χ4v) is 3.52. The van der Waals surface area contributed by atoms with Crippen LogP contribution in [0.5, 0.6) is 0 Å². The zero-order chi connectivity index (χ0) is 18.9. The standard InChI is InChI=1S/C19H19Cl2NO3S/c1-2-3-11-25-19(24)13-7-9-14(10-8-13)22-17(23)12-26-18-15(20)5-4-6-16(18)21/h4-10H,2-3,11-12H2,1H3,(H,22,23). The van der Waals surface area contributed by atoms with E-state index in [1.54, 1.807) is 42.5 Å². The van der Waals surface area contributed by atoms with E-state index in [1.807, 2.05) is 6.92 Å². The highest BCUT2D eigenvalue weighted by molar-refractivity contribution is 8.00. The first kappa shape index (κ1) is 20.6. The number of rotatable bonds is 8. The lowest BCUT2D eigenvalue weighted by Crippen LogP contribution is -2.14. The molecule has 0 fully saturated rings. The Balaban J connectivity index is 1.86. The second-order valence-corrected chi connectivity index (χ2v) is 7.25. The van der Waals surface area contributed by atoms with E-state index in [0.29, 0.717) is 32.8 Å². The average Bonchev–Trinajstić information content (AvgIpc) is 2.62. The third kappa shape index (κ3) is 6.24. The van der Waals surface area contributed by atoms with Crippen LogP contribution in [0, 0.1) is 0 Å². The van der Waals surface area contributed by atoms with Crippen LogP contribution in [0.1, 0.15) is 30.1 Å². The summed E-state index contributed by atoms with van der Waals surface area (Å²) in [5.41, 5.74) is 1.06. The van der Waals surface area contributed by atoms with Gasteiger partial charge in [-0.15, -0.1) is 11.8 Å². The van der Waals surface area contributed by atoms with Gasteiger partial charge in [0, 0.05) is 10.6 Å². The summed E-state index contributed by atoms with van der Waals surface area (Å²) in [6.07, 6.45) is 1.81. The molecule has 4 nitrogen and oxygen atoms in total. The highest BCUT2D eigenvalue weighted by Gasteiger charge is 2.11. The lowest BCUT2D eigenvalue weighted by Gasteiger charge is -2.08. The number of hydrogen-bond donors (Lipinski definition) is 1.